The van der Waals surface area contributed by atoms with Crippen LogP contribution in [0.4, 0.5) is 15.8 Å². The second-order valence-electron chi connectivity index (χ2n) is 7.22. The molecular weight excluding hydrogens is 461 g/mol. The van der Waals surface area contributed by atoms with Gasteiger partial charge < -0.3 is 14.8 Å². The summed E-state index contributed by atoms with van der Waals surface area (Å²) >= 11 is 5.29. The van der Waals surface area contributed by atoms with Gasteiger partial charge >= 0.3 is 0 Å². The van der Waals surface area contributed by atoms with Gasteiger partial charge in [0, 0.05) is 17.7 Å². The van der Waals surface area contributed by atoms with Gasteiger partial charge in [-0.2, -0.15) is 0 Å². The first kappa shape index (κ1) is 22.9. The van der Waals surface area contributed by atoms with Crippen molar-refractivity contribution in [3.05, 3.63) is 99.5 Å². The Balaban J connectivity index is 1.54. The van der Waals surface area contributed by atoms with E-state index in [1.54, 1.807) is 24.3 Å². The van der Waals surface area contributed by atoms with Gasteiger partial charge in [0.1, 0.15) is 29.6 Å². The highest BCUT2D eigenvalue weighted by molar-refractivity contribution is 7.80. The van der Waals surface area contributed by atoms with Crippen LogP contribution in [-0.4, -0.2) is 23.1 Å². The molecular formula is C24H18FN3O5S. The van der Waals surface area contributed by atoms with Crippen molar-refractivity contribution in [3.8, 4) is 11.5 Å². The zero-order chi connectivity index (χ0) is 24.2. The van der Waals surface area contributed by atoms with Gasteiger partial charge in [-0.3, -0.25) is 19.8 Å². The van der Waals surface area contributed by atoms with E-state index in [1.807, 2.05) is 0 Å². The SMILES string of the molecule is COc1ccc(/C=C2/NC(=S)N(c3ccc(F)cc3)C2=O)cc1COc1ccc([N+](=O)[O-])cc1. The Kier molecular flexibility index (Phi) is 6.51. The number of hydrogen-bond donors (Lipinski definition) is 1. The molecule has 1 fully saturated rings. The molecule has 1 amide bonds. The number of nitro groups is 1. The third kappa shape index (κ3) is 4.86. The Morgan fingerprint density at radius 2 is 1.82 bits per heavy atom. The van der Waals surface area contributed by atoms with Gasteiger partial charge in [0.15, 0.2) is 5.11 Å². The number of hydrogen-bond acceptors (Lipinski definition) is 6. The van der Waals surface area contributed by atoms with Crippen LogP contribution in [-0.2, 0) is 11.4 Å². The fraction of sp³-hybridized carbons (Fsp3) is 0.0833. The second kappa shape index (κ2) is 9.67. The molecule has 0 saturated carbocycles. The number of nitro benzene ring substituents is 1. The lowest BCUT2D eigenvalue weighted by molar-refractivity contribution is -0.384. The van der Waals surface area contributed by atoms with E-state index >= 15 is 0 Å². The molecule has 1 aliphatic rings. The van der Waals surface area contributed by atoms with Crippen molar-refractivity contribution in [2.24, 2.45) is 0 Å². The third-order valence-electron chi connectivity index (χ3n) is 5.02. The van der Waals surface area contributed by atoms with E-state index in [-0.39, 0.29) is 29.0 Å². The molecule has 10 heteroatoms. The van der Waals surface area contributed by atoms with Crippen molar-refractivity contribution in [3.63, 3.8) is 0 Å². The number of carbonyl (C=O) groups is 1. The first-order valence-electron chi connectivity index (χ1n) is 10.0. The Bertz CT molecular complexity index is 1290. The smallest absolute Gasteiger partial charge is 0.281 e. The lowest BCUT2D eigenvalue weighted by atomic mass is 10.1. The molecule has 34 heavy (non-hydrogen) atoms. The molecule has 1 heterocycles. The summed E-state index contributed by atoms with van der Waals surface area (Å²) in [6.45, 7) is 0.138. The molecule has 0 unspecified atom stereocenters. The maximum Gasteiger partial charge on any atom is 0.281 e. The van der Waals surface area contributed by atoms with Crippen LogP contribution in [0.5, 0.6) is 11.5 Å². The first-order chi connectivity index (χ1) is 16.4. The normalized spacial score (nSPS) is 14.3. The lowest BCUT2D eigenvalue weighted by Gasteiger charge is -2.13. The average molecular weight is 479 g/mol. The minimum atomic E-state index is -0.481. The minimum absolute atomic E-state index is 0.0279. The van der Waals surface area contributed by atoms with E-state index in [0.29, 0.717) is 28.3 Å². The second-order valence-corrected chi connectivity index (χ2v) is 7.60. The van der Waals surface area contributed by atoms with Crippen LogP contribution in [0.15, 0.2) is 72.4 Å². The average Bonchev–Trinajstić information content (AvgIpc) is 3.11. The Morgan fingerprint density at radius 3 is 2.47 bits per heavy atom. The molecule has 1 aliphatic heterocycles. The molecule has 0 radical (unpaired) electrons. The third-order valence-corrected chi connectivity index (χ3v) is 5.30. The maximum absolute atomic E-state index is 13.2. The number of thiocarbonyl (C=S) groups is 1. The molecule has 8 nitrogen and oxygen atoms in total. The number of rotatable bonds is 7. The molecule has 0 aromatic heterocycles. The first-order valence-corrected chi connectivity index (χ1v) is 10.4. The van der Waals surface area contributed by atoms with E-state index in [1.165, 1.54) is 60.5 Å². The largest absolute Gasteiger partial charge is 0.496 e. The zero-order valence-electron chi connectivity index (χ0n) is 17.9. The minimum Gasteiger partial charge on any atom is -0.496 e. The quantitative estimate of drug-likeness (QED) is 0.229. The van der Waals surface area contributed by atoms with Crippen LogP contribution in [0.1, 0.15) is 11.1 Å². The molecule has 3 aromatic carbocycles. The van der Waals surface area contributed by atoms with E-state index in [4.69, 9.17) is 21.7 Å². The number of anilines is 1. The van der Waals surface area contributed by atoms with E-state index < -0.39 is 10.7 Å². The topological polar surface area (TPSA) is 93.9 Å². The summed E-state index contributed by atoms with van der Waals surface area (Å²) in [5.41, 5.74) is 2.10. The summed E-state index contributed by atoms with van der Waals surface area (Å²) in [6, 6.07) is 16.6. The number of nitrogens with one attached hydrogen (secondary N) is 1. The van der Waals surface area contributed by atoms with Crippen LogP contribution in [0, 0.1) is 15.9 Å². The van der Waals surface area contributed by atoms with Crippen molar-refractivity contribution in [2.45, 2.75) is 6.61 Å². The number of amides is 1. The van der Waals surface area contributed by atoms with Crippen molar-refractivity contribution < 1.29 is 23.6 Å². The van der Waals surface area contributed by atoms with E-state index in [9.17, 15) is 19.3 Å². The van der Waals surface area contributed by atoms with Crippen LogP contribution >= 0.6 is 12.2 Å². The predicted molar refractivity (Wildman–Crippen MR) is 128 cm³/mol. The zero-order valence-corrected chi connectivity index (χ0v) is 18.7. The molecule has 1 saturated heterocycles. The number of nitrogens with zero attached hydrogens (tertiary/aromatic N) is 2. The summed E-state index contributed by atoms with van der Waals surface area (Å²) in [5, 5.41) is 13.9. The molecule has 0 aliphatic carbocycles. The summed E-state index contributed by atoms with van der Waals surface area (Å²) in [7, 11) is 1.53. The van der Waals surface area contributed by atoms with E-state index in [2.05, 4.69) is 5.32 Å². The Labute approximate surface area is 199 Å². The number of ether oxygens (including phenoxy) is 2. The molecule has 4 rings (SSSR count). The summed E-state index contributed by atoms with van der Waals surface area (Å²) in [5.74, 6) is 0.269. The molecule has 3 aromatic rings. The van der Waals surface area contributed by atoms with Crippen molar-refractivity contribution >= 4 is 40.7 Å². The number of methoxy groups -OCH3 is 1. The fourth-order valence-electron chi connectivity index (χ4n) is 3.35. The van der Waals surface area contributed by atoms with Crippen LogP contribution in [0.2, 0.25) is 0 Å². The summed E-state index contributed by atoms with van der Waals surface area (Å²) < 4.78 is 24.4. The Morgan fingerprint density at radius 1 is 1.12 bits per heavy atom. The number of benzene rings is 3. The van der Waals surface area contributed by atoms with E-state index in [0.717, 1.165) is 0 Å². The molecule has 1 N–H and O–H groups in total. The Hall–Kier alpha value is -4.31. The number of non-ortho nitro benzene ring substituents is 1. The summed E-state index contributed by atoms with van der Waals surface area (Å²) in [4.78, 5) is 24.5. The van der Waals surface area contributed by atoms with Gasteiger partial charge in [-0.25, -0.2) is 4.39 Å². The number of halogens is 1. The maximum atomic E-state index is 13.2. The van der Waals surface area contributed by atoms with Gasteiger partial charge in [-0.05, 0) is 72.4 Å². The molecule has 0 atom stereocenters. The van der Waals surface area contributed by atoms with Crippen LogP contribution in [0.3, 0.4) is 0 Å². The van der Waals surface area contributed by atoms with Gasteiger partial charge in [0.25, 0.3) is 11.6 Å². The van der Waals surface area contributed by atoms with Gasteiger partial charge in [0.2, 0.25) is 0 Å². The molecule has 0 spiro atoms. The van der Waals surface area contributed by atoms with Crippen molar-refractivity contribution in [1.29, 1.82) is 0 Å². The van der Waals surface area contributed by atoms with Crippen LogP contribution < -0.4 is 19.7 Å². The fourth-order valence-corrected chi connectivity index (χ4v) is 3.65. The van der Waals surface area contributed by atoms with Gasteiger partial charge in [-0.15, -0.1) is 0 Å². The highest BCUT2D eigenvalue weighted by atomic mass is 32.1. The standard InChI is InChI=1S/C24H18FN3O5S/c1-32-22-11-2-15(12-16(22)14-33-20-9-7-19(8-10-20)28(30)31)13-21-23(29)27(24(34)26-21)18-5-3-17(25)4-6-18/h2-13H,14H2,1H3,(H,26,34)/b21-13+. The van der Waals surface area contributed by atoms with Crippen LogP contribution in [0.25, 0.3) is 6.08 Å². The predicted octanol–water partition coefficient (Wildman–Crippen LogP) is 4.58. The van der Waals surface area contributed by atoms with Gasteiger partial charge in [-0.1, -0.05) is 6.07 Å². The molecule has 0 bridgehead atoms. The van der Waals surface area contributed by atoms with Crippen molar-refractivity contribution in [1.82, 2.24) is 5.32 Å². The highest BCUT2D eigenvalue weighted by Gasteiger charge is 2.32. The number of carbonyl (C=O) groups excluding carboxylic acids is 1. The highest BCUT2D eigenvalue weighted by Crippen LogP contribution is 2.26. The van der Waals surface area contributed by atoms with Gasteiger partial charge in [0.05, 0.1) is 17.7 Å². The monoisotopic (exact) mass is 479 g/mol. The lowest BCUT2D eigenvalue weighted by Crippen LogP contribution is -2.30. The summed E-state index contributed by atoms with van der Waals surface area (Å²) in [6.07, 6.45) is 1.65. The van der Waals surface area contributed by atoms with Crippen molar-refractivity contribution in [2.75, 3.05) is 12.0 Å². The molecule has 172 valence electrons.